The lowest BCUT2D eigenvalue weighted by atomic mass is 10.2. The van der Waals surface area contributed by atoms with Crippen LogP contribution in [0.5, 0.6) is 0 Å². The van der Waals surface area contributed by atoms with Crippen LogP contribution in [0, 0.1) is 12.3 Å². The molecule has 1 aromatic carbocycles. The first-order chi connectivity index (χ1) is 8.26. The second kappa shape index (κ2) is 7.65. The molecule has 0 aromatic heterocycles. The van der Waals surface area contributed by atoms with E-state index in [9.17, 15) is 4.79 Å². The van der Waals surface area contributed by atoms with Crippen molar-refractivity contribution in [1.82, 2.24) is 4.90 Å². The minimum atomic E-state index is 0.292. The summed E-state index contributed by atoms with van der Waals surface area (Å²) in [4.78, 5) is 13.4. The molecule has 0 bridgehead atoms. The van der Waals surface area contributed by atoms with E-state index in [0.29, 0.717) is 25.2 Å². The monoisotopic (exact) mass is 229 g/mol. The maximum Gasteiger partial charge on any atom is 0.133 e. The van der Waals surface area contributed by atoms with Crippen LogP contribution in [0.3, 0.4) is 0 Å². The minimum absolute atomic E-state index is 0.292. The van der Waals surface area contributed by atoms with Gasteiger partial charge in [-0.25, -0.2) is 0 Å². The lowest BCUT2D eigenvalue weighted by Gasteiger charge is -2.19. The quantitative estimate of drug-likeness (QED) is 0.669. The van der Waals surface area contributed by atoms with Gasteiger partial charge in [-0.05, 0) is 5.56 Å². The van der Waals surface area contributed by atoms with Crippen molar-refractivity contribution in [2.45, 2.75) is 26.3 Å². The Balaban J connectivity index is 2.49. The smallest absolute Gasteiger partial charge is 0.133 e. The van der Waals surface area contributed by atoms with Crippen LogP contribution in [0.25, 0.3) is 0 Å². The summed E-state index contributed by atoms with van der Waals surface area (Å²) in [6.45, 7) is 4.03. The van der Waals surface area contributed by atoms with Gasteiger partial charge in [-0.2, -0.15) is 0 Å². The number of Topliss-reactive ketones (excluding diaryl/α,β-unsaturated/α-hetero) is 1. The molecule has 0 saturated heterocycles. The molecule has 0 radical (unpaired) electrons. The zero-order valence-electron chi connectivity index (χ0n) is 10.4. The number of hydrogen-bond donors (Lipinski definition) is 0. The lowest BCUT2D eigenvalue weighted by molar-refractivity contribution is -0.119. The Morgan fingerprint density at radius 1 is 1.35 bits per heavy atom. The Morgan fingerprint density at radius 3 is 2.65 bits per heavy atom. The van der Waals surface area contributed by atoms with Crippen molar-refractivity contribution in [3.63, 3.8) is 0 Å². The zero-order valence-corrected chi connectivity index (χ0v) is 10.4. The Kier molecular flexibility index (Phi) is 6.06. The molecule has 0 fully saturated rings. The van der Waals surface area contributed by atoms with Gasteiger partial charge in [0.1, 0.15) is 5.78 Å². The van der Waals surface area contributed by atoms with Crippen molar-refractivity contribution < 1.29 is 4.79 Å². The average molecular weight is 229 g/mol. The molecule has 0 spiro atoms. The van der Waals surface area contributed by atoms with Crippen molar-refractivity contribution in [3.05, 3.63) is 35.9 Å². The Hall–Kier alpha value is -1.59. The summed E-state index contributed by atoms with van der Waals surface area (Å²) >= 11 is 0. The van der Waals surface area contributed by atoms with Crippen molar-refractivity contribution in [2.24, 2.45) is 0 Å². The number of ketones is 1. The van der Waals surface area contributed by atoms with E-state index < -0.39 is 0 Å². The third-order valence-corrected chi connectivity index (χ3v) is 2.67. The normalized spacial score (nSPS) is 10.2. The molecule has 0 atom stereocenters. The van der Waals surface area contributed by atoms with Crippen molar-refractivity contribution >= 4 is 5.78 Å². The van der Waals surface area contributed by atoms with E-state index in [1.165, 1.54) is 5.56 Å². The standard InChI is InChI=1S/C15H19NO/c1-3-11-16(12-10-15(17)4-2)13-14-8-6-5-7-9-14/h1,5-9H,4,10-13H2,2H3. The molecule has 1 aromatic rings. The predicted molar refractivity (Wildman–Crippen MR) is 70.5 cm³/mol. The summed E-state index contributed by atoms with van der Waals surface area (Å²) in [5, 5.41) is 0. The number of terminal acetylenes is 1. The van der Waals surface area contributed by atoms with Crippen LogP contribution in [-0.4, -0.2) is 23.8 Å². The van der Waals surface area contributed by atoms with E-state index >= 15 is 0 Å². The molecule has 17 heavy (non-hydrogen) atoms. The number of benzene rings is 1. The van der Waals surface area contributed by atoms with Gasteiger partial charge in [0, 0.05) is 25.9 Å². The summed E-state index contributed by atoms with van der Waals surface area (Å²) in [7, 11) is 0. The summed E-state index contributed by atoms with van der Waals surface area (Å²) < 4.78 is 0. The molecule has 0 heterocycles. The predicted octanol–water partition coefficient (Wildman–Crippen LogP) is 2.49. The molecule has 0 saturated carbocycles. The van der Waals surface area contributed by atoms with E-state index in [1.807, 2.05) is 25.1 Å². The highest BCUT2D eigenvalue weighted by Crippen LogP contribution is 2.05. The van der Waals surface area contributed by atoms with Crippen LogP contribution < -0.4 is 0 Å². The van der Waals surface area contributed by atoms with Crippen LogP contribution in [-0.2, 0) is 11.3 Å². The maximum atomic E-state index is 11.3. The fourth-order valence-electron chi connectivity index (χ4n) is 1.64. The first-order valence-electron chi connectivity index (χ1n) is 5.97. The van der Waals surface area contributed by atoms with Crippen LogP contribution in [0.1, 0.15) is 25.3 Å². The zero-order chi connectivity index (χ0) is 12.5. The third-order valence-electron chi connectivity index (χ3n) is 2.67. The van der Waals surface area contributed by atoms with Crippen LogP contribution in [0.2, 0.25) is 0 Å². The average Bonchev–Trinajstić information content (AvgIpc) is 2.37. The van der Waals surface area contributed by atoms with Gasteiger partial charge in [0.05, 0.1) is 6.54 Å². The van der Waals surface area contributed by atoms with Gasteiger partial charge in [0.25, 0.3) is 0 Å². The maximum absolute atomic E-state index is 11.3. The van der Waals surface area contributed by atoms with E-state index in [0.717, 1.165) is 13.1 Å². The topological polar surface area (TPSA) is 20.3 Å². The molecule has 0 amide bonds. The van der Waals surface area contributed by atoms with Gasteiger partial charge in [-0.1, -0.05) is 43.2 Å². The third kappa shape index (κ3) is 5.33. The van der Waals surface area contributed by atoms with Gasteiger partial charge in [0.2, 0.25) is 0 Å². The molecule has 0 aliphatic carbocycles. The van der Waals surface area contributed by atoms with Gasteiger partial charge in [0.15, 0.2) is 0 Å². The summed E-state index contributed by atoms with van der Waals surface area (Å²) in [6.07, 6.45) is 6.54. The summed E-state index contributed by atoms with van der Waals surface area (Å²) in [5.74, 6) is 2.94. The van der Waals surface area contributed by atoms with E-state index in [2.05, 4.69) is 23.0 Å². The molecule has 90 valence electrons. The van der Waals surface area contributed by atoms with Gasteiger partial charge >= 0.3 is 0 Å². The van der Waals surface area contributed by atoms with E-state index in [4.69, 9.17) is 6.42 Å². The Morgan fingerprint density at radius 2 is 2.06 bits per heavy atom. The largest absolute Gasteiger partial charge is 0.300 e. The fourth-order valence-corrected chi connectivity index (χ4v) is 1.64. The molecule has 0 aliphatic heterocycles. The SMILES string of the molecule is C#CCN(CCC(=O)CC)Cc1ccccc1. The van der Waals surface area contributed by atoms with Crippen LogP contribution >= 0.6 is 0 Å². The summed E-state index contributed by atoms with van der Waals surface area (Å²) in [6, 6.07) is 10.2. The second-order valence-electron chi connectivity index (χ2n) is 4.04. The summed E-state index contributed by atoms with van der Waals surface area (Å²) in [5.41, 5.74) is 1.23. The van der Waals surface area contributed by atoms with E-state index in [1.54, 1.807) is 0 Å². The lowest BCUT2D eigenvalue weighted by Crippen LogP contribution is -2.26. The van der Waals surface area contributed by atoms with Gasteiger partial charge < -0.3 is 0 Å². The van der Waals surface area contributed by atoms with Crippen molar-refractivity contribution in [3.8, 4) is 12.3 Å². The number of carbonyl (C=O) groups is 1. The first kappa shape index (κ1) is 13.5. The number of carbonyl (C=O) groups excluding carboxylic acids is 1. The molecule has 0 N–H and O–H groups in total. The van der Waals surface area contributed by atoms with Crippen LogP contribution in [0.4, 0.5) is 0 Å². The highest BCUT2D eigenvalue weighted by Gasteiger charge is 2.06. The Bertz CT molecular complexity index is 378. The molecular formula is C15H19NO. The number of nitrogens with zero attached hydrogens (tertiary/aromatic N) is 1. The number of hydrogen-bond acceptors (Lipinski definition) is 2. The van der Waals surface area contributed by atoms with Gasteiger partial charge in [-0.15, -0.1) is 6.42 Å². The second-order valence-corrected chi connectivity index (χ2v) is 4.04. The van der Waals surface area contributed by atoms with Crippen molar-refractivity contribution in [1.29, 1.82) is 0 Å². The first-order valence-corrected chi connectivity index (χ1v) is 5.97. The molecule has 1 rings (SSSR count). The number of rotatable bonds is 7. The molecule has 2 heteroatoms. The molecule has 2 nitrogen and oxygen atoms in total. The fraction of sp³-hybridized carbons (Fsp3) is 0.400. The highest BCUT2D eigenvalue weighted by molar-refractivity contribution is 5.78. The Labute approximate surface area is 104 Å². The minimum Gasteiger partial charge on any atom is -0.300 e. The van der Waals surface area contributed by atoms with Crippen LogP contribution in [0.15, 0.2) is 30.3 Å². The molecule has 0 aliphatic rings. The van der Waals surface area contributed by atoms with Gasteiger partial charge in [-0.3, -0.25) is 9.69 Å². The van der Waals surface area contributed by atoms with Crippen molar-refractivity contribution in [2.75, 3.05) is 13.1 Å². The molecular weight excluding hydrogens is 210 g/mol. The van der Waals surface area contributed by atoms with E-state index in [-0.39, 0.29) is 0 Å². The highest BCUT2D eigenvalue weighted by atomic mass is 16.1. The molecule has 0 unspecified atom stereocenters.